The Balaban J connectivity index is 2.32. The summed E-state index contributed by atoms with van der Waals surface area (Å²) in [4.78, 5) is 4.37. The van der Waals surface area contributed by atoms with Crippen LogP contribution in [0.5, 0.6) is 0 Å². The highest BCUT2D eigenvalue weighted by Crippen LogP contribution is 2.31. The molecule has 2 unspecified atom stereocenters. The van der Waals surface area contributed by atoms with Crippen molar-refractivity contribution >= 4 is 22.5 Å². The lowest BCUT2D eigenvalue weighted by Gasteiger charge is -2.17. The van der Waals surface area contributed by atoms with Gasteiger partial charge in [0.1, 0.15) is 0 Å². The van der Waals surface area contributed by atoms with Gasteiger partial charge < -0.3 is 5.11 Å². The molecule has 2 rings (SSSR count). The van der Waals surface area contributed by atoms with E-state index in [1.807, 2.05) is 24.3 Å². The van der Waals surface area contributed by atoms with Crippen LogP contribution in [0.1, 0.15) is 44.8 Å². The molecule has 3 heteroatoms. The maximum absolute atomic E-state index is 10.4. The molecule has 1 heterocycles. The summed E-state index contributed by atoms with van der Waals surface area (Å²) >= 11 is 6.17. The summed E-state index contributed by atoms with van der Waals surface area (Å²) in [6, 6.07) is 7.54. The summed E-state index contributed by atoms with van der Waals surface area (Å²) in [6.07, 6.45) is 4.31. The number of hydrogen-bond donors (Lipinski definition) is 1. The van der Waals surface area contributed by atoms with Gasteiger partial charge in [0.25, 0.3) is 0 Å². The van der Waals surface area contributed by atoms with Gasteiger partial charge in [-0.15, -0.1) is 0 Å². The minimum Gasteiger partial charge on any atom is -0.388 e. The van der Waals surface area contributed by atoms with Crippen molar-refractivity contribution in [2.75, 3.05) is 0 Å². The molecule has 2 nitrogen and oxygen atoms in total. The number of halogens is 1. The van der Waals surface area contributed by atoms with Gasteiger partial charge in [-0.2, -0.15) is 0 Å². The minimum atomic E-state index is -0.476. The monoisotopic (exact) mass is 277 g/mol. The van der Waals surface area contributed by atoms with Crippen LogP contribution in [0, 0.1) is 5.92 Å². The van der Waals surface area contributed by atoms with E-state index in [9.17, 15) is 5.11 Å². The first kappa shape index (κ1) is 14.3. The molecular formula is C16H20ClNO. The van der Waals surface area contributed by atoms with Crippen LogP contribution in [0.4, 0.5) is 0 Å². The van der Waals surface area contributed by atoms with E-state index in [0.717, 1.165) is 35.7 Å². The number of hydrogen-bond acceptors (Lipinski definition) is 2. The number of fused-ring (bicyclic) bond motifs is 1. The zero-order valence-electron chi connectivity index (χ0n) is 11.4. The van der Waals surface area contributed by atoms with E-state index in [1.54, 1.807) is 6.20 Å². The van der Waals surface area contributed by atoms with Crippen molar-refractivity contribution in [3.63, 3.8) is 0 Å². The second kappa shape index (κ2) is 6.36. The molecule has 19 heavy (non-hydrogen) atoms. The maximum atomic E-state index is 10.4. The van der Waals surface area contributed by atoms with Gasteiger partial charge in [-0.1, -0.05) is 44.4 Å². The fourth-order valence-electron chi connectivity index (χ4n) is 2.55. The molecule has 0 saturated carbocycles. The number of pyridine rings is 1. The molecule has 1 aromatic heterocycles. The number of benzene rings is 1. The standard InChI is InChI=1S/C16H20ClNO/c1-3-5-11(2)10-15(19)13-7-8-14(17)12-6-4-9-18-16(12)13/h4,6-9,11,15,19H,3,5,10H2,1-2H3. The number of aliphatic hydroxyl groups excluding tert-OH is 1. The largest absolute Gasteiger partial charge is 0.388 e. The fraction of sp³-hybridized carbons (Fsp3) is 0.438. The van der Waals surface area contributed by atoms with Crippen molar-refractivity contribution in [2.45, 2.75) is 39.2 Å². The molecule has 0 aliphatic heterocycles. The molecule has 0 aliphatic rings. The Morgan fingerprint density at radius 2 is 2.11 bits per heavy atom. The molecule has 0 amide bonds. The average molecular weight is 278 g/mol. The first-order valence-corrected chi connectivity index (χ1v) is 7.22. The van der Waals surface area contributed by atoms with E-state index in [1.165, 1.54) is 0 Å². The summed E-state index contributed by atoms with van der Waals surface area (Å²) in [5.74, 6) is 0.509. The third-order valence-electron chi connectivity index (χ3n) is 3.51. The van der Waals surface area contributed by atoms with Gasteiger partial charge in [0.05, 0.1) is 11.6 Å². The minimum absolute atomic E-state index is 0.476. The van der Waals surface area contributed by atoms with Crippen LogP contribution in [0.2, 0.25) is 5.02 Å². The first-order chi connectivity index (χ1) is 9.13. The van der Waals surface area contributed by atoms with E-state index in [2.05, 4.69) is 18.8 Å². The molecule has 0 aliphatic carbocycles. The van der Waals surface area contributed by atoms with Gasteiger partial charge in [-0.05, 0) is 30.5 Å². The highest BCUT2D eigenvalue weighted by atomic mass is 35.5. The van der Waals surface area contributed by atoms with Crippen molar-refractivity contribution in [3.05, 3.63) is 41.0 Å². The Kier molecular flexibility index (Phi) is 4.78. The fourth-order valence-corrected chi connectivity index (χ4v) is 2.76. The highest BCUT2D eigenvalue weighted by molar-refractivity contribution is 6.35. The smallest absolute Gasteiger partial charge is 0.0813 e. The van der Waals surface area contributed by atoms with Crippen LogP contribution in [-0.4, -0.2) is 10.1 Å². The summed E-state index contributed by atoms with van der Waals surface area (Å²) in [6.45, 7) is 4.35. The SMILES string of the molecule is CCCC(C)CC(O)c1ccc(Cl)c2cccnc12. The molecule has 1 N–H and O–H groups in total. The van der Waals surface area contributed by atoms with Crippen molar-refractivity contribution in [1.82, 2.24) is 4.98 Å². The van der Waals surface area contributed by atoms with Crippen LogP contribution in [0.15, 0.2) is 30.5 Å². The quantitative estimate of drug-likeness (QED) is 0.856. The van der Waals surface area contributed by atoms with Crippen LogP contribution in [0.25, 0.3) is 10.9 Å². The van der Waals surface area contributed by atoms with E-state index in [4.69, 9.17) is 11.6 Å². The van der Waals surface area contributed by atoms with Crippen molar-refractivity contribution in [1.29, 1.82) is 0 Å². The van der Waals surface area contributed by atoms with Gasteiger partial charge in [0.15, 0.2) is 0 Å². The molecular weight excluding hydrogens is 258 g/mol. The second-order valence-corrected chi connectivity index (χ2v) is 5.59. The Morgan fingerprint density at radius 3 is 2.84 bits per heavy atom. The lowest BCUT2D eigenvalue weighted by Crippen LogP contribution is -2.05. The second-order valence-electron chi connectivity index (χ2n) is 5.18. The highest BCUT2D eigenvalue weighted by Gasteiger charge is 2.16. The first-order valence-electron chi connectivity index (χ1n) is 6.84. The lowest BCUT2D eigenvalue weighted by atomic mass is 9.93. The van der Waals surface area contributed by atoms with Gasteiger partial charge in [0, 0.05) is 22.2 Å². The lowest BCUT2D eigenvalue weighted by molar-refractivity contribution is 0.146. The van der Waals surface area contributed by atoms with Crippen molar-refractivity contribution in [2.24, 2.45) is 5.92 Å². The Bertz CT molecular complexity index is 555. The van der Waals surface area contributed by atoms with Gasteiger partial charge in [-0.25, -0.2) is 0 Å². The molecule has 0 saturated heterocycles. The van der Waals surface area contributed by atoms with Gasteiger partial charge >= 0.3 is 0 Å². The van der Waals surface area contributed by atoms with E-state index < -0.39 is 6.10 Å². The van der Waals surface area contributed by atoms with Crippen molar-refractivity contribution < 1.29 is 5.11 Å². The number of aromatic nitrogens is 1. The zero-order chi connectivity index (χ0) is 13.8. The molecule has 2 aromatic rings. The normalized spacial score (nSPS) is 14.5. The van der Waals surface area contributed by atoms with Crippen LogP contribution in [-0.2, 0) is 0 Å². The van der Waals surface area contributed by atoms with E-state index in [-0.39, 0.29) is 0 Å². The summed E-state index contributed by atoms with van der Waals surface area (Å²) in [5.41, 5.74) is 1.69. The number of aliphatic hydroxyl groups is 1. The van der Waals surface area contributed by atoms with Crippen LogP contribution >= 0.6 is 11.6 Å². The Hall–Kier alpha value is -1.12. The third-order valence-corrected chi connectivity index (χ3v) is 3.84. The van der Waals surface area contributed by atoms with Crippen molar-refractivity contribution in [3.8, 4) is 0 Å². The number of rotatable bonds is 5. The Morgan fingerprint density at radius 1 is 1.32 bits per heavy atom. The molecule has 102 valence electrons. The topological polar surface area (TPSA) is 33.1 Å². The maximum Gasteiger partial charge on any atom is 0.0813 e. The predicted octanol–water partition coefficient (Wildman–Crippen LogP) is 4.75. The van der Waals surface area contributed by atoms with E-state index in [0.29, 0.717) is 10.9 Å². The predicted molar refractivity (Wildman–Crippen MR) is 80.4 cm³/mol. The van der Waals surface area contributed by atoms with Gasteiger partial charge in [-0.3, -0.25) is 4.98 Å². The molecule has 0 bridgehead atoms. The van der Waals surface area contributed by atoms with Crippen LogP contribution in [0.3, 0.4) is 0 Å². The third kappa shape index (κ3) is 3.26. The Labute approximate surface area is 119 Å². The molecule has 0 radical (unpaired) electrons. The zero-order valence-corrected chi connectivity index (χ0v) is 12.2. The number of nitrogens with zero attached hydrogens (tertiary/aromatic N) is 1. The van der Waals surface area contributed by atoms with E-state index >= 15 is 0 Å². The summed E-state index contributed by atoms with van der Waals surface area (Å²) in [7, 11) is 0. The summed E-state index contributed by atoms with van der Waals surface area (Å²) < 4.78 is 0. The average Bonchev–Trinajstić information content (AvgIpc) is 2.39. The van der Waals surface area contributed by atoms with Gasteiger partial charge in [0.2, 0.25) is 0 Å². The summed E-state index contributed by atoms with van der Waals surface area (Å²) in [5, 5.41) is 12.0. The molecule has 1 aromatic carbocycles. The molecule has 2 atom stereocenters. The van der Waals surface area contributed by atoms with Crippen LogP contribution < -0.4 is 0 Å². The molecule has 0 spiro atoms. The molecule has 0 fully saturated rings.